The predicted molar refractivity (Wildman–Crippen MR) is 115 cm³/mol. The van der Waals surface area contributed by atoms with E-state index in [2.05, 4.69) is 4.72 Å². The molecule has 1 N–H and O–H groups in total. The summed E-state index contributed by atoms with van der Waals surface area (Å²) < 4.78 is 35.5. The number of ether oxygens (including phenoxy) is 1. The van der Waals surface area contributed by atoms with Gasteiger partial charge >= 0.3 is 4.87 Å². The fraction of sp³-hybridized carbons (Fsp3) is 0.600. The summed E-state index contributed by atoms with van der Waals surface area (Å²) in [7, 11) is -3.68. The summed E-state index contributed by atoms with van der Waals surface area (Å²) in [6.07, 6.45) is 5.21. The van der Waals surface area contributed by atoms with Crippen LogP contribution in [0.1, 0.15) is 38.5 Å². The Bertz CT molecular complexity index is 1060. The van der Waals surface area contributed by atoms with Crippen molar-refractivity contribution in [2.24, 2.45) is 0 Å². The topological polar surface area (TPSA) is 97.7 Å². The Morgan fingerprint density at radius 2 is 2.00 bits per heavy atom. The normalized spacial score (nSPS) is 20.1. The number of nitrogens with zero attached hydrogens (tertiary/aromatic N) is 2. The van der Waals surface area contributed by atoms with E-state index in [9.17, 15) is 18.0 Å². The van der Waals surface area contributed by atoms with Crippen LogP contribution in [0, 0.1) is 0 Å². The monoisotopic (exact) mass is 453 g/mol. The van der Waals surface area contributed by atoms with Gasteiger partial charge in [0.05, 0.1) is 21.2 Å². The van der Waals surface area contributed by atoms with Crippen molar-refractivity contribution in [1.29, 1.82) is 0 Å². The van der Waals surface area contributed by atoms with Crippen molar-refractivity contribution >= 4 is 37.5 Å². The number of carbonyl (C=O) groups excluding carboxylic acids is 1. The number of carbonyl (C=O) groups is 1. The van der Waals surface area contributed by atoms with E-state index in [1.54, 1.807) is 10.6 Å². The highest BCUT2D eigenvalue weighted by atomic mass is 32.2. The van der Waals surface area contributed by atoms with Crippen molar-refractivity contribution in [2.45, 2.75) is 56.1 Å². The molecule has 164 valence electrons. The van der Waals surface area contributed by atoms with E-state index in [1.165, 1.54) is 12.1 Å². The largest absolute Gasteiger partial charge is 0.377 e. The van der Waals surface area contributed by atoms with Crippen LogP contribution in [-0.2, 0) is 26.1 Å². The van der Waals surface area contributed by atoms with Gasteiger partial charge in [0.2, 0.25) is 15.9 Å². The van der Waals surface area contributed by atoms with Crippen LogP contribution in [0.4, 0.5) is 0 Å². The van der Waals surface area contributed by atoms with Gasteiger partial charge in [-0.2, -0.15) is 0 Å². The Hall–Kier alpha value is -1.75. The number of sulfonamides is 1. The molecule has 0 saturated carbocycles. The maximum atomic E-state index is 12.6. The number of rotatable bonds is 7. The second-order valence-electron chi connectivity index (χ2n) is 7.83. The number of piperidine rings is 1. The lowest BCUT2D eigenvalue weighted by Gasteiger charge is -2.26. The van der Waals surface area contributed by atoms with Gasteiger partial charge in [0.25, 0.3) is 0 Å². The van der Waals surface area contributed by atoms with Gasteiger partial charge in [0.15, 0.2) is 0 Å². The Labute approximate surface area is 179 Å². The number of benzene rings is 1. The third kappa shape index (κ3) is 4.77. The zero-order valence-electron chi connectivity index (χ0n) is 16.8. The highest BCUT2D eigenvalue weighted by Gasteiger charge is 2.22. The molecular weight excluding hydrogens is 426 g/mol. The Morgan fingerprint density at radius 1 is 1.20 bits per heavy atom. The molecule has 4 rings (SSSR count). The molecule has 1 atom stereocenters. The van der Waals surface area contributed by atoms with Crippen LogP contribution in [0.5, 0.6) is 0 Å². The predicted octanol–water partition coefficient (Wildman–Crippen LogP) is 1.92. The van der Waals surface area contributed by atoms with Gasteiger partial charge in [-0.05, 0) is 50.3 Å². The maximum Gasteiger partial charge on any atom is 0.308 e. The average Bonchev–Trinajstić information content (AvgIpc) is 3.38. The second kappa shape index (κ2) is 9.17. The first-order valence-corrected chi connectivity index (χ1v) is 12.8. The number of nitrogens with one attached hydrogen (secondary N) is 1. The lowest BCUT2D eigenvalue weighted by atomic mass is 10.1. The lowest BCUT2D eigenvalue weighted by molar-refractivity contribution is -0.132. The fourth-order valence-electron chi connectivity index (χ4n) is 4.03. The number of aromatic nitrogens is 1. The SMILES string of the molecule is O=C(CCn1c(=O)sc2cc(S(=O)(=O)NC[C@@H]3CCCO3)ccc21)N1CCCCC1. The van der Waals surface area contributed by atoms with Crippen LogP contribution in [0.15, 0.2) is 27.9 Å². The van der Waals surface area contributed by atoms with Gasteiger partial charge in [0, 0.05) is 39.2 Å². The van der Waals surface area contributed by atoms with E-state index in [0.717, 1.165) is 56.5 Å². The summed E-state index contributed by atoms with van der Waals surface area (Å²) in [5.41, 5.74) is 0.662. The van der Waals surface area contributed by atoms with Crippen molar-refractivity contribution in [3.8, 4) is 0 Å². The first kappa shape index (κ1) is 21.5. The van der Waals surface area contributed by atoms with E-state index < -0.39 is 10.0 Å². The molecule has 1 amide bonds. The zero-order valence-corrected chi connectivity index (χ0v) is 18.5. The smallest absolute Gasteiger partial charge is 0.308 e. The van der Waals surface area contributed by atoms with Crippen LogP contribution in [0.3, 0.4) is 0 Å². The van der Waals surface area contributed by atoms with E-state index in [1.807, 2.05) is 4.90 Å². The van der Waals surface area contributed by atoms with Crippen LogP contribution >= 0.6 is 11.3 Å². The number of likely N-dealkylation sites (tertiary alicyclic amines) is 1. The first-order valence-electron chi connectivity index (χ1n) is 10.5. The van der Waals surface area contributed by atoms with Crippen molar-refractivity contribution in [3.63, 3.8) is 0 Å². The number of fused-ring (bicyclic) bond motifs is 1. The van der Waals surface area contributed by atoms with Gasteiger partial charge < -0.3 is 9.64 Å². The van der Waals surface area contributed by atoms with Crippen molar-refractivity contribution in [2.75, 3.05) is 26.2 Å². The van der Waals surface area contributed by atoms with Crippen LogP contribution < -0.4 is 9.60 Å². The summed E-state index contributed by atoms with van der Waals surface area (Å²) in [4.78, 5) is 26.7. The molecule has 2 fully saturated rings. The molecule has 0 bridgehead atoms. The van der Waals surface area contributed by atoms with Crippen molar-refractivity contribution in [1.82, 2.24) is 14.2 Å². The molecule has 0 aliphatic carbocycles. The molecule has 1 aromatic carbocycles. The minimum atomic E-state index is -3.68. The molecule has 1 aromatic heterocycles. The third-order valence-corrected chi connectivity index (χ3v) is 8.10. The lowest BCUT2D eigenvalue weighted by Crippen LogP contribution is -2.36. The summed E-state index contributed by atoms with van der Waals surface area (Å²) in [6.45, 7) is 2.80. The van der Waals surface area contributed by atoms with Gasteiger partial charge in [-0.3, -0.25) is 14.2 Å². The highest BCUT2D eigenvalue weighted by molar-refractivity contribution is 7.89. The van der Waals surface area contributed by atoms with E-state index in [-0.39, 0.29) is 34.7 Å². The quantitative estimate of drug-likeness (QED) is 0.691. The first-order chi connectivity index (χ1) is 14.4. The minimum absolute atomic E-state index is 0.0680. The molecule has 2 aliphatic heterocycles. The number of amides is 1. The summed E-state index contributed by atoms with van der Waals surface area (Å²) in [5, 5.41) is 0. The molecule has 2 aromatic rings. The van der Waals surface area contributed by atoms with Crippen molar-refractivity contribution < 1.29 is 17.9 Å². The summed E-state index contributed by atoms with van der Waals surface area (Å²) in [6, 6.07) is 4.69. The molecule has 2 aliphatic rings. The molecular formula is C20H27N3O5S2. The average molecular weight is 454 g/mol. The molecule has 2 saturated heterocycles. The van der Waals surface area contributed by atoms with Gasteiger partial charge in [-0.15, -0.1) is 0 Å². The Morgan fingerprint density at radius 3 is 2.73 bits per heavy atom. The van der Waals surface area contributed by atoms with E-state index >= 15 is 0 Å². The number of thiazole rings is 1. The standard InChI is InChI=1S/C20H27N3O5S2/c24-19(22-9-2-1-3-10-22)8-11-23-17-7-6-16(13-18(17)29-20(23)25)30(26,27)21-14-15-5-4-12-28-15/h6-7,13,15,21H,1-5,8-12,14H2/t15-/m0/s1. The van der Waals surface area contributed by atoms with Crippen LogP contribution in [0.2, 0.25) is 0 Å². The molecule has 0 unspecified atom stereocenters. The van der Waals surface area contributed by atoms with Crippen molar-refractivity contribution in [3.05, 3.63) is 27.9 Å². The van der Waals surface area contributed by atoms with Crippen LogP contribution in [-0.4, -0.2) is 56.1 Å². The molecule has 10 heteroatoms. The number of hydrogen-bond acceptors (Lipinski definition) is 6. The molecule has 0 radical (unpaired) electrons. The fourth-order valence-corrected chi connectivity index (χ4v) is 6.15. The number of aryl methyl sites for hydroxylation is 1. The third-order valence-electron chi connectivity index (χ3n) is 5.73. The van der Waals surface area contributed by atoms with Crippen LogP contribution in [0.25, 0.3) is 10.2 Å². The molecule has 3 heterocycles. The van der Waals surface area contributed by atoms with E-state index in [0.29, 0.717) is 23.4 Å². The Balaban J connectivity index is 1.46. The van der Waals surface area contributed by atoms with E-state index in [4.69, 9.17) is 4.74 Å². The van der Waals surface area contributed by atoms with Gasteiger partial charge in [-0.25, -0.2) is 13.1 Å². The summed E-state index contributed by atoms with van der Waals surface area (Å²) >= 11 is 1.01. The maximum absolute atomic E-state index is 12.6. The minimum Gasteiger partial charge on any atom is -0.377 e. The molecule has 30 heavy (non-hydrogen) atoms. The van der Waals surface area contributed by atoms with Gasteiger partial charge in [-0.1, -0.05) is 11.3 Å². The second-order valence-corrected chi connectivity index (χ2v) is 10.6. The molecule has 8 nitrogen and oxygen atoms in total. The molecule has 0 spiro atoms. The summed E-state index contributed by atoms with van der Waals surface area (Å²) in [5.74, 6) is 0.0680. The zero-order chi connectivity index (χ0) is 21.1. The van der Waals surface area contributed by atoms with Gasteiger partial charge in [0.1, 0.15) is 0 Å². The Kier molecular flexibility index (Phi) is 6.57. The number of hydrogen-bond donors (Lipinski definition) is 1. The highest BCUT2D eigenvalue weighted by Crippen LogP contribution is 2.23.